The van der Waals surface area contributed by atoms with E-state index in [0.717, 1.165) is 17.1 Å². The lowest BCUT2D eigenvalue weighted by Crippen LogP contribution is -2.14. The van der Waals surface area contributed by atoms with Crippen LogP contribution < -0.4 is 14.8 Å². The maximum Gasteiger partial charge on any atom is 0.348 e. The highest BCUT2D eigenvalue weighted by Gasteiger charge is 2.28. The van der Waals surface area contributed by atoms with Gasteiger partial charge in [0.15, 0.2) is 5.76 Å². The summed E-state index contributed by atoms with van der Waals surface area (Å²) in [7, 11) is 0. The van der Waals surface area contributed by atoms with E-state index in [4.69, 9.17) is 23.4 Å². The molecule has 0 fully saturated rings. The fourth-order valence-corrected chi connectivity index (χ4v) is 4.22. The summed E-state index contributed by atoms with van der Waals surface area (Å²) in [5.41, 5.74) is 0.491. The number of benzene rings is 1. The molecule has 9 nitrogen and oxygen atoms in total. The minimum atomic E-state index is -0.643. The van der Waals surface area contributed by atoms with Gasteiger partial charge in [0.2, 0.25) is 0 Å². The third-order valence-electron chi connectivity index (χ3n) is 4.72. The molecular formula is C25H27NO8S. The van der Waals surface area contributed by atoms with E-state index in [9.17, 15) is 14.4 Å². The van der Waals surface area contributed by atoms with Crippen LogP contribution in [-0.2, 0) is 16.1 Å². The van der Waals surface area contributed by atoms with Crippen LogP contribution in [0.15, 0.2) is 40.8 Å². The molecule has 0 aliphatic rings. The van der Waals surface area contributed by atoms with Gasteiger partial charge in [0.05, 0.1) is 25.4 Å². The number of furan rings is 1. The van der Waals surface area contributed by atoms with Crippen LogP contribution >= 0.6 is 11.3 Å². The van der Waals surface area contributed by atoms with Crippen LogP contribution in [0.3, 0.4) is 0 Å². The number of anilines is 1. The fraction of sp³-hybridized carbons (Fsp3) is 0.320. The van der Waals surface area contributed by atoms with Gasteiger partial charge in [-0.3, -0.25) is 4.79 Å². The Morgan fingerprint density at radius 3 is 2.11 bits per heavy atom. The van der Waals surface area contributed by atoms with Crippen LogP contribution in [0.1, 0.15) is 62.7 Å². The molecular weight excluding hydrogens is 474 g/mol. The van der Waals surface area contributed by atoms with E-state index in [-0.39, 0.29) is 41.0 Å². The molecule has 3 aromatic rings. The molecule has 0 saturated heterocycles. The van der Waals surface area contributed by atoms with Gasteiger partial charge in [-0.05, 0) is 69.7 Å². The topological polar surface area (TPSA) is 113 Å². The Morgan fingerprint density at radius 1 is 0.857 bits per heavy atom. The van der Waals surface area contributed by atoms with Crippen LogP contribution in [-0.4, -0.2) is 37.7 Å². The van der Waals surface area contributed by atoms with Gasteiger partial charge in [0, 0.05) is 0 Å². The van der Waals surface area contributed by atoms with Gasteiger partial charge in [-0.25, -0.2) is 9.59 Å². The van der Waals surface area contributed by atoms with Crippen LogP contribution in [0.4, 0.5) is 5.00 Å². The lowest BCUT2D eigenvalue weighted by molar-refractivity contribution is 0.0527. The minimum Gasteiger partial charge on any atom is -0.494 e. The monoisotopic (exact) mass is 501 g/mol. The zero-order valence-electron chi connectivity index (χ0n) is 20.0. The molecule has 1 amide bonds. The van der Waals surface area contributed by atoms with Crippen molar-refractivity contribution in [3.63, 3.8) is 0 Å². The Labute approximate surface area is 206 Å². The lowest BCUT2D eigenvalue weighted by atomic mass is 10.1. The number of carbonyl (C=O) groups is 3. The molecule has 186 valence electrons. The molecule has 0 spiro atoms. The maximum absolute atomic E-state index is 12.8. The molecule has 10 heteroatoms. The second-order valence-corrected chi connectivity index (χ2v) is 8.14. The maximum atomic E-state index is 12.8. The van der Waals surface area contributed by atoms with Gasteiger partial charge >= 0.3 is 11.9 Å². The predicted octanol–water partition coefficient (Wildman–Crippen LogP) is 5.23. The average Bonchev–Trinajstić information content (AvgIpc) is 3.44. The number of nitrogens with one attached hydrogen (secondary N) is 1. The Hall–Kier alpha value is -3.79. The summed E-state index contributed by atoms with van der Waals surface area (Å²) >= 11 is 0.946. The molecule has 0 aliphatic carbocycles. The van der Waals surface area contributed by atoms with E-state index in [1.165, 1.54) is 6.07 Å². The number of esters is 2. The van der Waals surface area contributed by atoms with Crippen molar-refractivity contribution in [3.05, 3.63) is 63.9 Å². The summed E-state index contributed by atoms with van der Waals surface area (Å²) in [6.45, 7) is 7.88. The van der Waals surface area contributed by atoms with E-state index in [2.05, 4.69) is 5.32 Å². The van der Waals surface area contributed by atoms with Crippen molar-refractivity contribution in [2.75, 3.05) is 25.1 Å². The van der Waals surface area contributed by atoms with Crippen molar-refractivity contribution < 1.29 is 37.7 Å². The molecule has 0 aliphatic heterocycles. The van der Waals surface area contributed by atoms with Crippen molar-refractivity contribution in [2.24, 2.45) is 0 Å². The minimum absolute atomic E-state index is 0.0221. The summed E-state index contributed by atoms with van der Waals surface area (Å²) in [6.07, 6.45) is 0. The molecule has 1 aromatic carbocycles. The average molecular weight is 502 g/mol. The van der Waals surface area contributed by atoms with Gasteiger partial charge in [0.1, 0.15) is 33.7 Å². The third kappa shape index (κ3) is 6.42. The van der Waals surface area contributed by atoms with E-state index in [1.54, 1.807) is 51.1 Å². The number of thiophene rings is 1. The molecule has 0 unspecified atom stereocenters. The summed E-state index contributed by atoms with van der Waals surface area (Å²) < 4.78 is 26.9. The van der Waals surface area contributed by atoms with Crippen molar-refractivity contribution in [1.29, 1.82) is 0 Å². The number of hydrogen-bond donors (Lipinski definition) is 1. The number of amides is 1. The summed E-state index contributed by atoms with van der Waals surface area (Å²) in [4.78, 5) is 37.9. The van der Waals surface area contributed by atoms with Crippen LogP contribution in [0.25, 0.3) is 0 Å². The van der Waals surface area contributed by atoms with Crippen molar-refractivity contribution in [3.8, 4) is 11.5 Å². The van der Waals surface area contributed by atoms with Crippen LogP contribution in [0.2, 0.25) is 0 Å². The first-order valence-electron chi connectivity index (χ1n) is 11.1. The SMILES string of the molecule is CCOC(=O)c1sc(NC(=O)c2ccc(COc3ccc(OCC)cc3)o2)c(C(=O)OCC)c1C. The van der Waals surface area contributed by atoms with E-state index in [0.29, 0.717) is 23.7 Å². The molecule has 3 rings (SSSR count). The van der Waals surface area contributed by atoms with Gasteiger partial charge in [-0.2, -0.15) is 0 Å². The van der Waals surface area contributed by atoms with E-state index < -0.39 is 17.8 Å². The zero-order valence-corrected chi connectivity index (χ0v) is 20.8. The summed E-state index contributed by atoms with van der Waals surface area (Å²) in [5.74, 6) is 0.0192. The Bertz CT molecular complexity index is 1180. The summed E-state index contributed by atoms with van der Waals surface area (Å²) in [6, 6.07) is 10.3. The molecule has 0 bridgehead atoms. The van der Waals surface area contributed by atoms with Crippen molar-refractivity contribution >= 4 is 34.2 Å². The quantitative estimate of drug-likeness (QED) is 0.355. The number of carbonyl (C=O) groups excluding carboxylic acids is 3. The number of rotatable bonds is 11. The Kier molecular flexibility index (Phi) is 8.91. The summed E-state index contributed by atoms with van der Waals surface area (Å²) in [5, 5.41) is 2.83. The second-order valence-electron chi connectivity index (χ2n) is 7.11. The molecule has 35 heavy (non-hydrogen) atoms. The van der Waals surface area contributed by atoms with Gasteiger partial charge in [-0.15, -0.1) is 11.3 Å². The van der Waals surface area contributed by atoms with Gasteiger partial charge in [-0.1, -0.05) is 0 Å². The van der Waals surface area contributed by atoms with Gasteiger partial charge < -0.3 is 28.7 Å². The van der Waals surface area contributed by atoms with Crippen molar-refractivity contribution in [1.82, 2.24) is 0 Å². The van der Waals surface area contributed by atoms with Crippen LogP contribution in [0, 0.1) is 6.92 Å². The van der Waals surface area contributed by atoms with Crippen LogP contribution in [0.5, 0.6) is 11.5 Å². The third-order valence-corrected chi connectivity index (χ3v) is 5.90. The highest BCUT2D eigenvalue weighted by Crippen LogP contribution is 2.34. The highest BCUT2D eigenvalue weighted by atomic mass is 32.1. The van der Waals surface area contributed by atoms with Crippen molar-refractivity contribution in [2.45, 2.75) is 34.3 Å². The molecule has 1 N–H and O–H groups in total. The lowest BCUT2D eigenvalue weighted by Gasteiger charge is -2.07. The standard InChI is InChI=1S/C25H27NO8S/c1-5-30-16-8-10-17(11-9-16)33-14-18-12-13-19(34-18)22(27)26-23-20(24(28)31-6-2)15(4)21(35-23)25(29)32-7-3/h8-13H,5-7,14H2,1-4H3,(H,26,27). The molecule has 0 radical (unpaired) electrons. The predicted molar refractivity (Wildman–Crippen MR) is 130 cm³/mol. The zero-order chi connectivity index (χ0) is 25.4. The molecule has 0 atom stereocenters. The molecule has 2 aromatic heterocycles. The Balaban J connectivity index is 1.72. The van der Waals surface area contributed by atoms with E-state index in [1.807, 2.05) is 6.92 Å². The smallest absolute Gasteiger partial charge is 0.348 e. The molecule has 0 saturated carbocycles. The second kappa shape index (κ2) is 12.1. The first-order valence-corrected chi connectivity index (χ1v) is 11.9. The van der Waals surface area contributed by atoms with Gasteiger partial charge in [0.25, 0.3) is 5.91 Å². The normalized spacial score (nSPS) is 10.5. The first kappa shape index (κ1) is 25.8. The highest BCUT2D eigenvalue weighted by molar-refractivity contribution is 7.18. The molecule has 2 heterocycles. The van der Waals surface area contributed by atoms with E-state index >= 15 is 0 Å². The number of hydrogen-bond acceptors (Lipinski definition) is 9. The largest absolute Gasteiger partial charge is 0.494 e. The first-order chi connectivity index (χ1) is 16.9. The Morgan fingerprint density at radius 2 is 1.49 bits per heavy atom. The fourth-order valence-electron chi connectivity index (χ4n) is 3.14. The number of ether oxygens (including phenoxy) is 4.